The molecule has 1 aromatic heterocycles. The van der Waals surface area contributed by atoms with Crippen LogP contribution in [0.15, 0.2) is 46.9 Å². The summed E-state index contributed by atoms with van der Waals surface area (Å²) in [5.74, 6) is 1.12. The number of ether oxygens (including phenoxy) is 1. The summed E-state index contributed by atoms with van der Waals surface area (Å²) in [4.78, 5) is 16.1. The molecule has 1 N–H and O–H groups in total. The maximum absolute atomic E-state index is 13.6. The average Bonchev–Trinajstić information content (AvgIpc) is 3.26. The van der Waals surface area contributed by atoms with Gasteiger partial charge in [-0.2, -0.15) is 0 Å². The largest absolute Gasteiger partial charge is 0.494 e. The predicted octanol–water partition coefficient (Wildman–Crippen LogP) is 6.83. The van der Waals surface area contributed by atoms with Gasteiger partial charge in [-0.05, 0) is 74.8 Å². The van der Waals surface area contributed by atoms with Crippen LogP contribution in [0.5, 0.6) is 5.75 Å². The minimum Gasteiger partial charge on any atom is -0.494 e. The van der Waals surface area contributed by atoms with E-state index < -0.39 is 10.0 Å². The Labute approximate surface area is 227 Å². The van der Waals surface area contributed by atoms with Gasteiger partial charge in [0.25, 0.3) is 0 Å². The fraction of sp³-hybridized carbons (Fsp3) is 0.500. The zero-order valence-corrected chi connectivity index (χ0v) is 24.2. The van der Waals surface area contributed by atoms with Gasteiger partial charge in [-0.1, -0.05) is 40.5 Å². The van der Waals surface area contributed by atoms with Crippen molar-refractivity contribution < 1.29 is 22.4 Å². The highest BCUT2D eigenvalue weighted by Crippen LogP contribution is 2.34. The Morgan fingerprint density at radius 2 is 1.61 bits per heavy atom. The van der Waals surface area contributed by atoms with Crippen LogP contribution >= 0.6 is 0 Å². The number of fused-ring (bicyclic) bond motifs is 1. The minimum atomic E-state index is -3.45. The molecular weight excluding hydrogens is 500 g/mol. The van der Waals surface area contributed by atoms with Crippen molar-refractivity contribution in [1.29, 1.82) is 0 Å². The van der Waals surface area contributed by atoms with E-state index in [9.17, 15) is 13.2 Å². The second-order valence-corrected chi connectivity index (χ2v) is 11.9. The Hall–Kier alpha value is -2.84. The van der Waals surface area contributed by atoms with E-state index in [1.54, 1.807) is 30.3 Å². The SMILES string of the molecule is CCCCN(CCCC)CCCOc1ccc(C(=O)c2c(C(C)C)oc3ccc(NS(C)(=O)=O)cc23)cc1. The third-order valence-corrected chi connectivity index (χ3v) is 7.04. The van der Waals surface area contributed by atoms with Crippen molar-refractivity contribution in [2.24, 2.45) is 0 Å². The summed E-state index contributed by atoms with van der Waals surface area (Å²) in [5, 5.41) is 0.586. The number of hydrogen-bond donors (Lipinski definition) is 1. The van der Waals surface area contributed by atoms with Gasteiger partial charge in [-0.3, -0.25) is 9.52 Å². The number of benzene rings is 2. The molecule has 0 radical (unpaired) electrons. The van der Waals surface area contributed by atoms with Crippen LogP contribution in [0, 0.1) is 0 Å². The van der Waals surface area contributed by atoms with Crippen LogP contribution in [0.25, 0.3) is 11.0 Å². The third kappa shape index (κ3) is 8.33. The van der Waals surface area contributed by atoms with E-state index in [0.29, 0.717) is 40.2 Å². The molecule has 7 nitrogen and oxygen atoms in total. The quantitative estimate of drug-likeness (QED) is 0.158. The highest BCUT2D eigenvalue weighted by Gasteiger charge is 2.24. The summed E-state index contributed by atoms with van der Waals surface area (Å²) in [7, 11) is -3.45. The number of nitrogens with one attached hydrogen (secondary N) is 1. The van der Waals surface area contributed by atoms with Crippen LogP contribution in [0.1, 0.15) is 87.4 Å². The number of sulfonamides is 1. The Bertz CT molecular complexity index is 1290. The van der Waals surface area contributed by atoms with Crippen molar-refractivity contribution in [3.05, 3.63) is 59.4 Å². The fourth-order valence-electron chi connectivity index (χ4n) is 4.46. The Balaban J connectivity index is 1.71. The molecule has 0 atom stereocenters. The first-order chi connectivity index (χ1) is 18.1. The first kappa shape index (κ1) is 29.7. The number of unbranched alkanes of at least 4 members (excludes halogenated alkanes) is 2. The number of carbonyl (C=O) groups is 1. The van der Waals surface area contributed by atoms with Crippen LogP contribution in [0.4, 0.5) is 5.69 Å². The monoisotopic (exact) mass is 542 g/mol. The second kappa shape index (κ2) is 13.8. The van der Waals surface area contributed by atoms with E-state index in [1.165, 1.54) is 25.7 Å². The van der Waals surface area contributed by atoms with Gasteiger partial charge in [0, 0.05) is 29.1 Å². The number of furan rings is 1. The highest BCUT2D eigenvalue weighted by atomic mass is 32.2. The van der Waals surface area contributed by atoms with Gasteiger partial charge in [-0.25, -0.2) is 8.42 Å². The Morgan fingerprint density at radius 1 is 0.974 bits per heavy atom. The molecule has 3 rings (SSSR count). The van der Waals surface area contributed by atoms with Crippen molar-refractivity contribution in [3.63, 3.8) is 0 Å². The molecule has 8 heteroatoms. The zero-order chi connectivity index (χ0) is 27.7. The Morgan fingerprint density at radius 3 is 2.18 bits per heavy atom. The number of hydrogen-bond acceptors (Lipinski definition) is 6. The molecule has 0 spiro atoms. The molecule has 0 unspecified atom stereocenters. The summed E-state index contributed by atoms with van der Waals surface area (Å²) < 4.78 is 37.9. The first-order valence-corrected chi connectivity index (χ1v) is 15.6. The van der Waals surface area contributed by atoms with Crippen molar-refractivity contribution in [2.45, 2.75) is 65.7 Å². The summed E-state index contributed by atoms with van der Waals surface area (Å²) in [5.41, 5.74) is 1.91. The third-order valence-electron chi connectivity index (χ3n) is 6.43. The fourth-order valence-corrected chi connectivity index (χ4v) is 5.01. The molecule has 0 saturated carbocycles. The maximum Gasteiger partial charge on any atom is 0.229 e. The molecule has 0 aliphatic carbocycles. The highest BCUT2D eigenvalue weighted by molar-refractivity contribution is 7.92. The number of rotatable bonds is 16. The van der Waals surface area contributed by atoms with Crippen LogP contribution in [0.3, 0.4) is 0 Å². The number of ketones is 1. The molecule has 2 aromatic carbocycles. The molecule has 0 fully saturated rings. The standard InChI is InChI=1S/C30H42N2O5S/c1-6-8-17-32(18-9-7-2)19-10-20-36-25-14-11-23(12-15-25)29(33)28-26-21-24(31-38(5,34)35)13-16-27(26)37-30(28)22(3)4/h11-16,21-22,31H,6-10,17-20H2,1-5H3. The first-order valence-electron chi connectivity index (χ1n) is 13.7. The lowest BCUT2D eigenvalue weighted by atomic mass is 9.96. The summed E-state index contributed by atoms with van der Waals surface area (Å²) in [6, 6.07) is 12.2. The second-order valence-electron chi connectivity index (χ2n) is 10.2. The van der Waals surface area contributed by atoms with E-state index in [0.717, 1.165) is 38.1 Å². The van der Waals surface area contributed by atoms with Gasteiger partial charge in [0.15, 0.2) is 5.78 Å². The van der Waals surface area contributed by atoms with E-state index in [2.05, 4.69) is 23.5 Å². The molecular formula is C30H42N2O5S. The van der Waals surface area contributed by atoms with Crippen LogP contribution in [0.2, 0.25) is 0 Å². The molecule has 3 aromatic rings. The van der Waals surface area contributed by atoms with Gasteiger partial charge < -0.3 is 14.1 Å². The average molecular weight is 543 g/mol. The van der Waals surface area contributed by atoms with Gasteiger partial charge in [0.2, 0.25) is 10.0 Å². The minimum absolute atomic E-state index is 0.0236. The van der Waals surface area contributed by atoms with Gasteiger partial charge in [-0.15, -0.1) is 0 Å². The number of anilines is 1. The molecule has 0 aliphatic rings. The van der Waals surface area contributed by atoms with Crippen LogP contribution < -0.4 is 9.46 Å². The van der Waals surface area contributed by atoms with Crippen molar-refractivity contribution >= 4 is 32.5 Å². The summed E-state index contributed by atoms with van der Waals surface area (Å²) >= 11 is 0. The summed E-state index contributed by atoms with van der Waals surface area (Å²) in [6.45, 7) is 12.3. The number of nitrogens with zero attached hydrogens (tertiary/aromatic N) is 1. The van der Waals surface area contributed by atoms with E-state index >= 15 is 0 Å². The lowest BCUT2D eigenvalue weighted by molar-refractivity contribution is 0.103. The zero-order valence-electron chi connectivity index (χ0n) is 23.4. The predicted molar refractivity (Wildman–Crippen MR) is 155 cm³/mol. The smallest absolute Gasteiger partial charge is 0.229 e. The van der Waals surface area contributed by atoms with Crippen molar-refractivity contribution in [3.8, 4) is 5.75 Å². The molecule has 0 amide bonds. The molecule has 208 valence electrons. The molecule has 0 aliphatic heterocycles. The summed E-state index contributed by atoms with van der Waals surface area (Å²) in [6.07, 6.45) is 6.90. The lowest BCUT2D eigenvalue weighted by Gasteiger charge is -2.21. The molecule has 38 heavy (non-hydrogen) atoms. The van der Waals surface area contributed by atoms with E-state index in [1.807, 2.05) is 26.0 Å². The molecule has 0 bridgehead atoms. The van der Waals surface area contributed by atoms with Gasteiger partial charge in [0.05, 0.1) is 18.4 Å². The maximum atomic E-state index is 13.6. The van der Waals surface area contributed by atoms with E-state index in [4.69, 9.17) is 9.15 Å². The van der Waals surface area contributed by atoms with Gasteiger partial charge in [0.1, 0.15) is 17.1 Å². The van der Waals surface area contributed by atoms with Crippen molar-refractivity contribution in [2.75, 3.05) is 37.2 Å². The van der Waals surface area contributed by atoms with E-state index in [-0.39, 0.29) is 11.7 Å². The normalized spacial score (nSPS) is 12.0. The Kier molecular flexibility index (Phi) is 10.8. The molecule has 1 heterocycles. The molecule has 0 saturated heterocycles. The van der Waals surface area contributed by atoms with Crippen LogP contribution in [-0.4, -0.2) is 51.6 Å². The number of carbonyl (C=O) groups excluding carboxylic acids is 1. The lowest BCUT2D eigenvalue weighted by Crippen LogP contribution is -2.28. The van der Waals surface area contributed by atoms with Gasteiger partial charge >= 0.3 is 0 Å². The topological polar surface area (TPSA) is 88.8 Å². The van der Waals surface area contributed by atoms with Crippen molar-refractivity contribution in [1.82, 2.24) is 4.90 Å². The van der Waals surface area contributed by atoms with Crippen LogP contribution in [-0.2, 0) is 10.0 Å².